The van der Waals surface area contributed by atoms with E-state index in [9.17, 15) is 4.79 Å². The summed E-state index contributed by atoms with van der Waals surface area (Å²) < 4.78 is 11.5. The summed E-state index contributed by atoms with van der Waals surface area (Å²) in [4.78, 5) is 40.3. The van der Waals surface area contributed by atoms with Crippen molar-refractivity contribution in [1.82, 2.24) is 24.8 Å². The minimum Gasteiger partial charge on any atom is -0.474 e. The van der Waals surface area contributed by atoms with E-state index in [1.807, 2.05) is 52.4 Å². The summed E-state index contributed by atoms with van der Waals surface area (Å²) in [6.45, 7) is 13.7. The quantitative estimate of drug-likeness (QED) is 0.492. The van der Waals surface area contributed by atoms with E-state index >= 15 is 0 Å². The molecular formula is C30H39N9O3. The SMILES string of the molecule is Cc1c(N2CCc3cnc(Nc4ccnc(N5CCN(C)CC5)c4)nc3C2)cnc2c1N(C(=O)OC(C)(C)C)CCO2. The molecule has 3 aliphatic heterocycles. The molecule has 0 aliphatic carbocycles. The lowest BCUT2D eigenvalue weighted by Crippen LogP contribution is -2.44. The second-order valence-corrected chi connectivity index (χ2v) is 12.1. The summed E-state index contributed by atoms with van der Waals surface area (Å²) in [5.41, 5.74) is 4.93. The minimum absolute atomic E-state index is 0.371. The molecule has 3 aromatic rings. The minimum atomic E-state index is -0.598. The highest BCUT2D eigenvalue weighted by molar-refractivity contribution is 5.92. The summed E-state index contributed by atoms with van der Waals surface area (Å²) in [6.07, 6.45) is 5.98. The Kier molecular flexibility index (Phi) is 7.48. The summed E-state index contributed by atoms with van der Waals surface area (Å²) in [5.74, 6) is 1.96. The molecule has 1 N–H and O–H groups in total. The number of piperazine rings is 1. The molecule has 1 amide bonds. The number of rotatable bonds is 4. The Balaban J connectivity index is 1.20. The zero-order valence-corrected chi connectivity index (χ0v) is 25.1. The fourth-order valence-corrected chi connectivity index (χ4v) is 5.55. The molecule has 0 bridgehead atoms. The van der Waals surface area contributed by atoms with Gasteiger partial charge < -0.3 is 29.5 Å². The van der Waals surface area contributed by atoms with Crippen molar-refractivity contribution in [1.29, 1.82) is 0 Å². The number of fused-ring (bicyclic) bond motifs is 2. The van der Waals surface area contributed by atoms with Crippen LogP contribution in [-0.4, -0.2) is 89.5 Å². The van der Waals surface area contributed by atoms with E-state index in [0.29, 0.717) is 37.2 Å². The highest BCUT2D eigenvalue weighted by atomic mass is 16.6. The molecule has 0 radical (unpaired) electrons. The molecule has 0 unspecified atom stereocenters. The Morgan fingerprint density at radius 1 is 1.02 bits per heavy atom. The first-order valence-corrected chi connectivity index (χ1v) is 14.5. The summed E-state index contributed by atoms with van der Waals surface area (Å²) in [7, 11) is 2.15. The average molecular weight is 574 g/mol. The Bertz CT molecular complexity index is 1470. The normalized spacial score (nSPS) is 17.3. The number of aromatic nitrogens is 4. The molecule has 12 heteroatoms. The maximum Gasteiger partial charge on any atom is 0.415 e. The summed E-state index contributed by atoms with van der Waals surface area (Å²) in [5, 5.41) is 3.38. The molecule has 12 nitrogen and oxygen atoms in total. The Morgan fingerprint density at radius 2 is 1.83 bits per heavy atom. The van der Waals surface area contributed by atoms with Crippen LogP contribution in [-0.2, 0) is 17.7 Å². The van der Waals surface area contributed by atoms with Gasteiger partial charge >= 0.3 is 6.09 Å². The molecule has 3 aliphatic rings. The highest BCUT2D eigenvalue weighted by Crippen LogP contribution is 2.39. The van der Waals surface area contributed by atoms with Gasteiger partial charge in [0.25, 0.3) is 0 Å². The number of hydrogen-bond acceptors (Lipinski definition) is 11. The first-order chi connectivity index (χ1) is 20.1. The molecule has 6 rings (SSSR count). The fourth-order valence-electron chi connectivity index (χ4n) is 5.55. The average Bonchev–Trinajstić information content (AvgIpc) is 2.96. The number of amides is 1. The Labute approximate surface area is 246 Å². The number of hydrogen-bond donors (Lipinski definition) is 1. The standard InChI is InChI=1S/C30H39N9O3/c1-20-24(18-32-27-26(20)39(14-15-41-27)29(40)42-30(2,3)4)38-9-7-21-17-33-28(35-23(21)19-38)34-22-6-8-31-25(16-22)37-12-10-36(5)11-13-37/h6,8,16-18H,7,9-15,19H2,1-5H3,(H,31,33,34,35). The number of ether oxygens (including phenoxy) is 2. The molecule has 0 saturated carbocycles. The van der Waals surface area contributed by atoms with E-state index in [1.165, 1.54) is 0 Å². The maximum absolute atomic E-state index is 13.1. The molecule has 1 saturated heterocycles. The lowest BCUT2D eigenvalue weighted by Gasteiger charge is -2.35. The van der Waals surface area contributed by atoms with Gasteiger partial charge in [0.15, 0.2) is 0 Å². The first-order valence-electron chi connectivity index (χ1n) is 14.5. The summed E-state index contributed by atoms with van der Waals surface area (Å²) in [6, 6.07) is 4.00. The van der Waals surface area contributed by atoms with Crippen LogP contribution in [0.15, 0.2) is 30.7 Å². The van der Waals surface area contributed by atoms with Gasteiger partial charge in [-0.05, 0) is 52.8 Å². The Hall–Kier alpha value is -4.19. The number of carbonyl (C=O) groups excluding carboxylic acids is 1. The number of pyridine rings is 2. The van der Waals surface area contributed by atoms with Gasteiger partial charge in [-0.3, -0.25) is 4.90 Å². The largest absolute Gasteiger partial charge is 0.474 e. The monoisotopic (exact) mass is 573 g/mol. The van der Waals surface area contributed by atoms with Crippen LogP contribution in [0.25, 0.3) is 0 Å². The van der Waals surface area contributed by atoms with Gasteiger partial charge in [0.1, 0.15) is 23.7 Å². The second-order valence-electron chi connectivity index (χ2n) is 12.1. The van der Waals surface area contributed by atoms with Crippen LogP contribution in [0.5, 0.6) is 5.88 Å². The number of nitrogens with zero attached hydrogens (tertiary/aromatic N) is 8. The van der Waals surface area contributed by atoms with Gasteiger partial charge in [-0.1, -0.05) is 0 Å². The van der Waals surface area contributed by atoms with Gasteiger partial charge in [0, 0.05) is 62.4 Å². The molecule has 1 fully saturated rings. The van der Waals surface area contributed by atoms with Crippen LogP contribution < -0.4 is 24.8 Å². The third-order valence-electron chi connectivity index (χ3n) is 7.80. The molecule has 0 spiro atoms. The topological polar surface area (TPSA) is 112 Å². The molecular weight excluding hydrogens is 534 g/mol. The first kappa shape index (κ1) is 28.0. The lowest BCUT2D eigenvalue weighted by atomic mass is 10.0. The molecule has 42 heavy (non-hydrogen) atoms. The molecule has 0 aromatic carbocycles. The zero-order chi connectivity index (χ0) is 29.4. The van der Waals surface area contributed by atoms with Gasteiger partial charge in [-0.25, -0.2) is 24.7 Å². The Morgan fingerprint density at radius 3 is 2.62 bits per heavy atom. The predicted molar refractivity (Wildman–Crippen MR) is 162 cm³/mol. The van der Waals surface area contributed by atoms with Crippen molar-refractivity contribution < 1.29 is 14.3 Å². The van der Waals surface area contributed by atoms with E-state index in [0.717, 1.165) is 73.2 Å². The molecule has 6 heterocycles. The van der Waals surface area contributed by atoms with Crippen molar-refractivity contribution in [2.75, 3.05) is 72.9 Å². The van der Waals surface area contributed by atoms with Gasteiger partial charge in [0.05, 0.1) is 30.7 Å². The van der Waals surface area contributed by atoms with E-state index in [1.54, 1.807) is 4.90 Å². The van der Waals surface area contributed by atoms with Crippen LogP contribution in [0.2, 0.25) is 0 Å². The van der Waals surface area contributed by atoms with Crippen LogP contribution in [0, 0.1) is 6.92 Å². The number of likely N-dealkylation sites (N-methyl/N-ethyl adjacent to an activating group) is 1. The lowest BCUT2D eigenvalue weighted by molar-refractivity contribution is 0.0566. The van der Waals surface area contributed by atoms with Crippen molar-refractivity contribution >= 4 is 34.9 Å². The van der Waals surface area contributed by atoms with Gasteiger partial charge in [0.2, 0.25) is 11.8 Å². The molecule has 222 valence electrons. The van der Waals surface area contributed by atoms with Gasteiger partial charge in [-0.15, -0.1) is 0 Å². The third kappa shape index (κ3) is 5.89. The summed E-state index contributed by atoms with van der Waals surface area (Å²) >= 11 is 0. The third-order valence-corrected chi connectivity index (χ3v) is 7.80. The number of anilines is 5. The predicted octanol–water partition coefficient (Wildman–Crippen LogP) is 3.77. The second kappa shape index (κ2) is 11.2. The smallest absolute Gasteiger partial charge is 0.415 e. The number of nitrogens with one attached hydrogen (secondary N) is 1. The van der Waals surface area contributed by atoms with E-state index in [-0.39, 0.29) is 0 Å². The van der Waals surface area contributed by atoms with Crippen LogP contribution in [0.4, 0.5) is 33.6 Å². The van der Waals surface area contributed by atoms with E-state index < -0.39 is 11.7 Å². The van der Waals surface area contributed by atoms with Crippen molar-refractivity contribution in [2.24, 2.45) is 0 Å². The van der Waals surface area contributed by atoms with Crippen LogP contribution in [0.1, 0.15) is 37.6 Å². The van der Waals surface area contributed by atoms with Crippen molar-refractivity contribution in [3.8, 4) is 5.88 Å². The van der Waals surface area contributed by atoms with E-state index in [2.05, 4.69) is 48.1 Å². The van der Waals surface area contributed by atoms with Crippen molar-refractivity contribution in [3.63, 3.8) is 0 Å². The van der Waals surface area contributed by atoms with Gasteiger partial charge in [-0.2, -0.15) is 0 Å². The highest BCUT2D eigenvalue weighted by Gasteiger charge is 2.33. The van der Waals surface area contributed by atoms with Crippen molar-refractivity contribution in [3.05, 3.63) is 47.5 Å². The maximum atomic E-state index is 13.1. The van der Waals surface area contributed by atoms with Crippen LogP contribution >= 0.6 is 0 Å². The zero-order valence-electron chi connectivity index (χ0n) is 25.1. The fraction of sp³-hybridized carbons (Fsp3) is 0.500. The molecule has 0 atom stereocenters. The van der Waals surface area contributed by atoms with E-state index in [4.69, 9.17) is 14.5 Å². The van der Waals surface area contributed by atoms with Crippen LogP contribution in [0.3, 0.4) is 0 Å². The van der Waals surface area contributed by atoms with Crippen molar-refractivity contribution in [2.45, 2.75) is 46.3 Å². The number of carbonyl (C=O) groups is 1. The molecule has 3 aromatic heterocycles.